The third kappa shape index (κ3) is 2.60. The van der Waals surface area contributed by atoms with Crippen molar-refractivity contribution in [1.82, 2.24) is 9.38 Å². The van der Waals surface area contributed by atoms with Crippen LogP contribution in [0.25, 0.3) is 15.9 Å². The highest BCUT2D eigenvalue weighted by Crippen LogP contribution is 2.26. The average Bonchev–Trinajstić information content (AvgIpc) is 3.07. The van der Waals surface area contributed by atoms with Gasteiger partial charge in [-0.05, 0) is 24.3 Å². The first-order chi connectivity index (χ1) is 12.5. The van der Waals surface area contributed by atoms with Crippen molar-refractivity contribution >= 4 is 44.5 Å². The van der Waals surface area contributed by atoms with Crippen LogP contribution in [0.1, 0.15) is 9.67 Å². The first kappa shape index (κ1) is 15.9. The molecular formula is C17H10N4O4S. The number of nitro groups is 1. The molecule has 128 valence electrons. The number of amides is 1. The molecule has 26 heavy (non-hydrogen) atoms. The first-order valence-electron chi connectivity index (χ1n) is 7.50. The molecule has 0 aliphatic rings. The van der Waals surface area contributed by atoms with Gasteiger partial charge in [-0.15, -0.1) is 11.3 Å². The zero-order valence-corrected chi connectivity index (χ0v) is 13.9. The van der Waals surface area contributed by atoms with E-state index < -0.39 is 10.8 Å². The van der Waals surface area contributed by atoms with Crippen molar-refractivity contribution in [3.63, 3.8) is 0 Å². The van der Waals surface area contributed by atoms with E-state index in [9.17, 15) is 19.7 Å². The molecular weight excluding hydrogens is 356 g/mol. The van der Waals surface area contributed by atoms with E-state index >= 15 is 0 Å². The van der Waals surface area contributed by atoms with Gasteiger partial charge >= 0.3 is 0 Å². The van der Waals surface area contributed by atoms with E-state index in [2.05, 4.69) is 10.3 Å². The molecule has 0 saturated carbocycles. The van der Waals surface area contributed by atoms with E-state index in [0.717, 1.165) is 11.3 Å². The number of thiophene rings is 1. The van der Waals surface area contributed by atoms with Gasteiger partial charge in [-0.3, -0.25) is 24.1 Å². The molecule has 0 radical (unpaired) electrons. The number of rotatable bonds is 3. The molecule has 9 heteroatoms. The molecule has 0 saturated heterocycles. The van der Waals surface area contributed by atoms with Gasteiger partial charge in [-0.2, -0.15) is 0 Å². The molecule has 0 aliphatic carbocycles. The Morgan fingerprint density at radius 1 is 1.19 bits per heavy atom. The van der Waals surface area contributed by atoms with E-state index in [0.29, 0.717) is 15.9 Å². The first-order valence-corrected chi connectivity index (χ1v) is 8.32. The Balaban J connectivity index is 1.77. The monoisotopic (exact) mass is 366 g/mol. The molecule has 1 aromatic carbocycles. The lowest BCUT2D eigenvalue weighted by Gasteiger charge is -2.03. The number of para-hydroxylation sites is 2. The number of benzene rings is 1. The number of carbonyl (C=O) groups is 1. The molecule has 4 aromatic rings. The third-order valence-corrected chi connectivity index (χ3v) is 4.82. The number of anilines is 1. The number of fused-ring (bicyclic) bond motifs is 2. The molecule has 0 fully saturated rings. The van der Waals surface area contributed by atoms with E-state index in [1.165, 1.54) is 28.7 Å². The summed E-state index contributed by atoms with van der Waals surface area (Å²) in [6.07, 6.45) is 1.61. The van der Waals surface area contributed by atoms with Crippen molar-refractivity contribution in [1.29, 1.82) is 0 Å². The lowest BCUT2D eigenvalue weighted by molar-refractivity contribution is -0.383. The van der Waals surface area contributed by atoms with Gasteiger partial charge in [0.05, 0.1) is 15.2 Å². The molecule has 0 spiro atoms. The highest BCUT2D eigenvalue weighted by atomic mass is 32.1. The van der Waals surface area contributed by atoms with E-state index in [-0.39, 0.29) is 21.8 Å². The quantitative estimate of drug-likeness (QED) is 0.443. The van der Waals surface area contributed by atoms with Gasteiger partial charge in [0.1, 0.15) is 16.2 Å². The number of aromatic nitrogens is 2. The fourth-order valence-electron chi connectivity index (χ4n) is 2.58. The molecule has 0 aliphatic heterocycles. The highest BCUT2D eigenvalue weighted by molar-refractivity contribution is 7.20. The van der Waals surface area contributed by atoms with Gasteiger partial charge in [0.2, 0.25) is 0 Å². The van der Waals surface area contributed by atoms with Crippen molar-refractivity contribution in [2.75, 3.05) is 5.32 Å². The predicted octanol–water partition coefficient (Wildman–Crippen LogP) is 3.07. The minimum Gasteiger partial charge on any atom is -0.316 e. The topological polar surface area (TPSA) is 107 Å². The summed E-state index contributed by atoms with van der Waals surface area (Å²) in [5, 5.41) is 13.9. The zero-order valence-electron chi connectivity index (χ0n) is 13.1. The van der Waals surface area contributed by atoms with Crippen molar-refractivity contribution in [3.05, 3.63) is 80.1 Å². The van der Waals surface area contributed by atoms with Crippen LogP contribution >= 0.6 is 11.3 Å². The van der Waals surface area contributed by atoms with Crippen LogP contribution in [-0.4, -0.2) is 20.2 Å². The number of nitro benzene ring substituents is 1. The Bertz CT molecular complexity index is 1240. The summed E-state index contributed by atoms with van der Waals surface area (Å²) < 4.78 is 1.40. The Kier molecular flexibility index (Phi) is 3.70. The van der Waals surface area contributed by atoms with Crippen molar-refractivity contribution in [2.24, 2.45) is 0 Å². The molecule has 0 bridgehead atoms. The minimum absolute atomic E-state index is 0.0924. The van der Waals surface area contributed by atoms with Gasteiger partial charge in [-0.25, -0.2) is 4.98 Å². The van der Waals surface area contributed by atoms with Gasteiger partial charge in [0, 0.05) is 12.3 Å². The highest BCUT2D eigenvalue weighted by Gasteiger charge is 2.19. The van der Waals surface area contributed by atoms with Crippen LogP contribution in [0, 0.1) is 10.1 Å². The summed E-state index contributed by atoms with van der Waals surface area (Å²) in [7, 11) is 0. The van der Waals surface area contributed by atoms with Gasteiger partial charge in [0.25, 0.3) is 17.2 Å². The molecule has 3 heterocycles. The molecule has 1 N–H and O–H groups in total. The standard InChI is InChI=1S/C17H10N4O4S/c22-15(18-11-5-1-2-6-12(11)21(24)25)13-9-10-16(26-13)19-14-7-3-4-8-20(14)17(10)23/h1-9H,(H,18,22). The van der Waals surface area contributed by atoms with Crippen LogP contribution in [0.4, 0.5) is 11.4 Å². The summed E-state index contributed by atoms with van der Waals surface area (Å²) in [4.78, 5) is 40.6. The molecule has 3 aromatic heterocycles. The SMILES string of the molecule is O=C(Nc1ccccc1[N+](=O)[O-])c1cc2c(=O)n3ccccc3nc2s1. The predicted molar refractivity (Wildman–Crippen MR) is 97.9 cm³/mol. The average molecular weight is 366 g/mol. The summed E-state index contributed by atoms with van der Waals surface area (Å²) in [5.74, 6) is -0.532. The zero-order chi connectivity index (χ0) is 18.3. The lowest BCUT2D eigenvalue weighted by atomic mass is 10.2. The van der Waals surface area contributed by atoms with Crippen LogP contribution in [0.2, 0.25) is 0 Å². The van der Waals surface area contributed by atoms with Crippen molar-refractivity contribution in [2.45, 2.75) is 0 Å². The number of carbonyl (C=O) groups excluding carboxylic acids is 1. The van der Waals surface area contributed by atoms with E-state index in [4.69, 9.17) is 0 Å². The van der Waals surface area contributed by atoms with Gasteiger partial charge in [-0.1, -0.05) is 18.2 Å². The largest absolute Gasteiger partial charge is 0.316 e. The molecule has 0 atom stereocenters. The number of hydrogen-bond acceptors (Lipinski definition) is 6. The Hall–Kier alpha value is -3.59. The Morgan fingerprint density at radius 3 is 2.77 bits per heavy atom. The maximum atomic E-state index is 12.5. The second kappa shape index (κ2) is 6.05. The second-order valence-electron chi connectivity index (χ2n) is 5.40. The Labute approximate surface area is 149 Å². The van der Waals surface area contributed by atoms with Gasteiger partial charge in [0.15, 0.2) is 0 Å². The van der Waals surface area contributed by atoms with Crippen LogP contribution < -0.4 is 10.9 Å². The smallest absolute Gasteiger partial charge is 0.292 e. The second-order valence-corrected chi connectivity index (χ2v) is 6.43. The normalized spacial score (nSPS) is 10.9. The number of nitrogens with one attached hydrogen (secondary N) is 1. The van der Waals surface area contributed by atoms with E-state index in [1.54, 1.807) is 30.5 Å². The van der Waals surface area contributed by atoms with Crippen molar-refractivity contribution < 1.29 is 9.72 Å². The molecule has 8 nitrogen and oxygen atoms in total. The van der Waals surface area contributed by atoms with E-state index in [1.807, 2.05) is 0 Å². The number of nitrogens with zero attached hydrogens (tertiary/aromatic N) is 3. The third-order valence-electron chi connectivity index (χ3n) is 3.79. The summed E-state index contributed by atoms with van der Waals surface area (Å²) in [5.41, 5.74) is 0.102. The lowest BCUT2D eigenvalue weighted by Crippen LogP contribution is -2.14. The van der Waals surface area contributed by atoms with Crippen LogP contribution in [0.3, 0.4) is 0 Å². The van der Waals surface area contributed by atoms with Crippen LogP contribution in [-0.2, 0) is 0 Å². The molecule has 0 unspecified atom stereocenters. The fraction of sp³-hybridized carbons (Fsp3) is 0. The van der Waals surface area contributed by atoms with Crippen molar-refractivity contribution in [3.8, 4) is 0 Å². The number of pyridine rings is 1. The van der Waals surface area contributed by atoms with Crippen LogP contribution in [0.5, 0.6) is 0 Å². The van der Waals surface area contributed by atoms with Gasteiger partial charge < -0.3 is 5.32 Å². The summed E-state index contributed by atoms with van der Waals surface area (Å²) in [6.45, 7) is 0. The Morgan fingerprint density at radius 2 is 1.96 bits per heavy atom. The fourth-order valence-corrected chi connectivity index (χ4v) is 3.51. The maximum absolute atomic E-state index is 12.5. The number of hydrogen-bond donors (Lipinski definition) is 1. The molecule has 1 amide bonds. The minimum atomic E-state index is -0.568. The summed E-state index contributed by atoms with van der Waals surface area (Å²) >= 11 is 1.06. The van der Waals surface area contributed by atoms with Crippen LogP contribution in [0.15, 0.2) is 59.5 Å². The molecule has 4 rings (SSSR count). The summed E-state index contributed by atoms with van der Waals surface area (Å²) in [6, 6.07) is 12.5. The maximum Gasteiger partial charge on any atom is 0.292 e.